The van der Waals surface area contributed by atoms with E-state index in [-0.39, 0.29) is 5.92 Å². The molecule has 0 aromatic heterocycles. The molecule has 2 rings (SSSR count). The smallest absolute Gasteiger partial charge is 0.390 e. The van der Waals surface area contributed by atoms with E-state index in [2.05, 4.69) is 5.32 Å². The minimum absolute atomic E-state index is 0.0651. The Morgan fingerprint density at radius 1 is 1.42 bits per heavy atom. The lowest BCUT2D eigenvalue weighted by Gasteiger charge is -2.37. The zero-order valence-corrected chi connectivity index (χ0v) is 10.8. The summed E-state index contributed by atoms with van der Waals surface area (Å²) < 4.78 is 37.9. The summed E-state index contributed by atoms with van der Waals surface area (Å²) in [6, 6.07) is 5.34. The molecule has 0 bridgehead atoms. The molecule has 5 heteroatoms. The van der Waals surface area contributed by atoms with Crippen molar-refractivity contribution in [3.8, 4) is 0 Å². The van der Waals surface area contributed by atoms with Crippen molar-refractivity contribution in [3.63, 3.8) is 0 Å². The molecule has 1 aromatic carbocycles. The second-order valence-corrected chi connectivity index (χ2v) is 5.41. The van der Waals surface area contributed by atoms with Crippen LogP contribution < -0.4 is 5.32 Å². The van der Waals surface area contributed by atoms with Crippen molar-refractivity contribution in [2.45, 2.75) is 31.5 Å². The molecule has 2 N–H and O–H groups in total. The summed E-state index contributed by atoms with van der Waals surface area (Å²) in [6.45, 7) is 3.13. The molecule has 2 nitrogen and oxygen atoms in total. The Bertz CT molecular complexity index is 443. The maximum Gasteiger partial charge on any atom is 0.416 e. The van der Waals surface area contributed by atoms with E-state index >= 15 is 0 Å². The highest BCUT2D eigenvalue weighted by Gasteiger charge is 2.35. The molecule has 1 saturated heterocycles. The summed E-state index contributed by atoms with van der Waals surface area (Å²) in [5, 5.41) is 13.4. The van der Waals surface area contributed by atoms with E-state index in [1.54, 1.807) is 13.0 Å². The number of hydrogen-bond donors (Lipinski definition) is 2. The van der Waals surface area contributed by atoms with Gasteiger partial charge in [-0.1, -0.05) is 18.2 Å². The first kappa shape index (κ1) is 14.3. The van der Waals surface area contributed by atoms with Crippen LogP contribution in [-0.4, -0.2) is 23.8 Å². The van der Waals surface area contributed by atoms with Crippen LogP contribution in [0.25, 0.3) is 0 Å². The molecule has 1 heterocycles. The van der Waals surface area contributed by atoms with Crippen molar-refractivity contribution in [3.05, 3.63) is 35.4 Å². The molecule has 0 amide bonds. The average molecular weight is 273 g/mol. The molecule has 1 aliphatic rings. The maximum atomic E-state index is 12.6. The maximum absolute atomic E-state index is 12.6. The van der Waals surface area contributed by atoms with Crippen molar-refractivity contribution in [2.24, 2.45) is 5.92 Å². The highest BCUT2D eigenvalue weighted by molar-refractivity contribution is 5.26. The van der Waals surface area contributed by atoms with Gasteiger partial charge < -0.3 is 10.4 Å². The largest absolute Gasteiger partial charge is 0.416 e. The van der Waals surface area contributed by atoms with E-state index in [9.17, 15) is 18.3 Å². The topological polar surface area (TPSA) is 32.3 Å². The van der Waals surface area contributed by atoms with Crippen molar-refractivity contribution < 1.29 is 18.3 Å². The summed E-state index contributed by atoms with van der Waals surface area (Å²) in [5.74, 6) is -0.0651. The van der Waals surface area contributed by atoms with E-state index in [0.717, 1.165) is 12.6 Å². The van der Waals surface area contributed by atoms with Gasteiger partial charge >= 0.3 is 6.18 Å². The Kier molecular flexibility index (Phi) is 3.87. The van der Waals surface area contributed by atoms with Crippen LogP contribution in [0.15, 0.2) is 24.3 Å². The van der Waals surface area contributed by atoms with Crippen molar-refractivity contribution in [1.29, 1.82) is 0 Å². The molecule has 19 heavy (non-hydrogen) atoms. The van der Waals surface area contributed by atoms with Gasteiger partial charge in [-0.05, 0) is 37.9 Å². The number of halogens is 3. The summed E-state index contributed by atoms with van der Waals surface area (Å²) in [5.41, 5.74) is -0.836. The van der Waals surface area contributed by atoms with Crippen LogP contribution in [0.5, 0.6) is 0 Å². The number of benzene rings is 1. The fourth-order valence-corrected chi connectivity index (χ4v) is 2.49. The van der Waals surface area contributed by atoms with Crippen LogP contribution >= 0.6 is 0 Å². The van der Waals surface area contributed by atoms with Gasteiger partial charge in [0.2, 0.25) is 0 Å². The lowest BCUT2D eigenvalue weighted by atomic mass is 9.79. The van der Waals surface area contributed by atoms with Gasteiger partial charge in [0.1, 0.15) is 0 Å². The fourth-order valence-electron chi connectivity index (χ4n) is 2.49. The Labute approximate surface area is 110 Å². The summed E-state index contributed by atoms with van der Waals surface area (Å²) in [4.78, 5) is 0. The third kappa shape index (κ3) is 3.48. The van der Waals surface area contributed by atoms with Gasteiger partial charge in [0.15, 0.2) is 0 Å². The van der Waals surface area contributed by atoms with Crippen molar-refractivity contribution in [2.75, 3.05) is 13.1 Å². The Morgan fingerprint density at radius 3 is 2.79 bits per heavy atom. The molecule has 1 aromatic rings. The number of piperidine rings is 1. The minimum Gasteiger partial charge on any atom is -0.390 e. The normalized spacial score (nSPS) is 28.4. The molecule has 2 atom stereocenters. The molecule has 0 spiro atoms. The van der Waals surface area contributed by atoms with Gasteiger partial charge in [0, 0.05) is 12.5 Å². The highest BCUT2D eigenvalue weighted by Crippen LogP contribution is 2.31. The number of hydrogen-bond acceptors (Lipinski definition) is 2. The summed E-state index contributed by atoms with van der Waals surface area (Å²) >= 11 is 0. The number of nitrogens with one attached hydrogen (secondary N) is 1. The minimum atomic E-state index is -4.32. The summed E-state index contributed by atoms with van der Waals surface area (Å²) in [7, 11) is 0. The van der Waals surface area contributed by atoms with Crippen LogP contribution in [0, 0.1) is 5.92 Å². The summed E-state index contributed by atoms with van der Waals surface area (Å²) in [6.07, 6.45) is -3.25. The van der Waals surface area contributed by atoms with Crippen LogP contribution in [-0.2, 0) is 12.6 Å². The van der Waals surface area contributed by atoms with E-state index < -0.39 is 17.3 Å². The fraction of sp³-hybridized carbons (Fsp3) is 0.571. The van der Waals surface area contributed by atoms with Gasteiger partial charge in [0.05, 0.1) is 11.2 Å². The van der Waals surface area contributed by atoms with E-state index in [1.165, 1.54) is 12.1 Å². The molecular weight excluding hydrogens is 255 g/mol. The van der Waals surface area contributed by atoms with Crippen molar-refractivity contribution in [1.82, 2.24) is 5.32 Å². The van der Waals surface area contributed by atoms with Gasteiger partial charge in [0.25, 0.3) is 0 Å². The SMILES string of the molecule is CC1(O)CCNCC1Cc1cccc(C(F)(F)F)c1. The first-order valence-corrected chi connectivity index (χ1v) is 6.38. The Hall–Kier alpha value is -1.07. The molecule has 0 radical (unpaired) electrons. The van der Waals surface area contributed by atoms with Crippen molar-refractivity contribution >= 4 is 0 Å². The molecule has 1 aliphatic heterocycles. The molecular formula is C14H18F3NO. The molecule has 2 unspecified atom stereocenters. The Balaban J connectivity index is 2.15. The standard InChI is InChI=1S/C14H18F3NO/c1-13(19)5-6-18-9-12(13)8-10-3-2-4-11(7-10)14(15,16)17/h2-4,7,12,18-19H,5-6,8-9H2,1H3. The quantitative estimate of drug-likeness (QED) is 0.868. The second kappa shape index (κ2) is 5.13. The first-order valence-electron chi connectivity index (χ1n) is 6.38. The molecule has 0 aliphatic carbocycles. The van der Waals surface area contributed by atoms with Gasteiger partial charge in [-0.3, -0.25) is 0 Å². The monoisotopic (exact) mass is 273 g/mol. The first-order chi connectivity index (χ1) is 8.79. The highest BCUT2D eigenvalue weighted by atomic mass is 19.4. The predicted molar refractivity (Wildman–Crippen MR) is 66.7 cm³/mol. The number of rotatable bonds is 2. The van der Waals surface area contributed by atoms with Gasteiger partial charge in [-0.2, -0.15) is 13.2 Å². The van der Waals surface area contributed by atoms with Gasteiger partial charge in [-0.15, -0.1) is 0 Å². The average Bonchev–Trinajstić information content (AvgIpc) is 2.31. The lowest BCUT2D eigenvalue weighted by molar-refractivity contribution is -0.137. The molecule has 1 fully saturated rings. The Morgan fingerprint density at radius 2 is 2.16 bits per heavy atom. The zero-order chi connectivity index (χ0) is 14.1. The molecule has 106 valence electrons. The van der Waals surface area contributed by atoms with Crippen LogP contribution in [0.2, 0.25) is 0 Å². The second-order valence-electron chi connectivity index (χ2n) is 5.41. The third-order valence-electron chi connectivity index (χ3n) is 3.81. The third-order valence-corrected chi connectivity index (χ3v) is 3.81. The van der Waals surface area contributed by atoms with Crippen LogP contribution in [0.3, 0.4) is 0 Å². The van der Waals surface area contributed by atoms with Crippen LogP contribution in [0.4, 0.5) is 13.2 Å². The van der Waals surface area contributed by atoms with E-state index in [4.69, 9.17) is 0 Å². The predicted octanol–water partition coefficient (Wildman–Crippen LogP) is 2.61. The van der Waals surface area contributed by atoms with Crippen LogP contribution in [0.1, 0.15) is 24.5 Å². The van der Waals surface area contributed by atoms with E-state index in [1.807, 2.05) is 0 Å². The molecule has 0 saturated carbocycles. The number of alkyl halides is 3. The zero-order valence-electron chi connectivity index (χ0n) is 10.8. The number of aliphatic hydroxyl groups is 1. The van der Waals surface area contributed by atoms with E-state index in [0.29, 0.717) is 24.9 Å². The lowest BCUT2D eigenvalue weighted by Crippen LogP contribution is -2.49. The van der Waals surface area contributed by atoms with Gasteiger partial charge in [-0.25, -0.2) is 0 Å².